The fourth-order valence-electron chi connectivity index (χ4n) is 9.65. The summed E-state index contributed by atoms with van der Waals surface area (Å²) in [6.07, 6.45) is 2.16. The first-order valence-corrected chi connectivity index (χ1v) is 17.9. The Morgan fingerprint density at radius 1 is 0.815 bits per heavy atom. The fraction of sp³-hybridized carbons (Fsp3) is 0.209. The first kappa shape index (κ1) is 33.2. The summed E-state index contributed by atoms with van der Waals surface area (Å²) in [4.78, 5) is 71.3. The fourth-order valence-corrected chi connectivity index (χ4v) is 9.65. The zero-order valence-corrected chi connectivity index (χ0v) is 29.1. The highest BCUT2D eigenvalue weighted by Gasteiger charge is 2.70. The minimum atomic E-state index is -1.56. The number of aryl methyl sites for hydroxylation is 1. The van der Waals surface area contributed by atoms with Crippen LogP contribution in [0.5, 0.6) is 5.75 Å². The minimum Gasteiger partial charge on any atom is -0.508 e. The predicted octanol–water partition coefficient (Wildman–Crippen LogP) is 6.95. The molecule has 4 aliphatic rings. The molecule has 268 valence electrons. The summed E-state index contributed by atoms with van der Waals surface area (Å²) in [5.41, 5.74) is 4.68. The molecule has 2 aliphatic carbocycles. The zero-order valence-electron chi connectivity index (χ0n) is 29.1. The Labute approximate surface area is 309 Å². The van der Waals surface area contributed by atoms with Crippen molar-refractivity contribution in [2.45, 2.75) is 31.1 Å². The van der Waals surface area contributed by atoms with Gasteiger partial charge in [-0.1, -0.05) is 96.1 Å². The Bertz CT molecular complexity index is 2460. The third kappa shape index (κ3) is 4.67. The minimum absolute atomic E-state index is 0.0614. The number of aromatic hydroxyl groups is 1. The molecule has 54 heavy (non-hydrogen) atoms. The third-order valence-electron chi connectivity index (χ3n) is 11.9. The number of carbonyl (C=O) groups excluding carboxylic acids is 4. The van der Waals surface area contributed by atoms with Crippen molar-refractivity contribution in [1.82, 2.24) is 5.01 Å². The number of hydrogen-bond acceptors (Lipinski definition) is 8. The Morgan fingerprint density at radius 2 is 1.56 bits per heavy atom. The summed E-state index contributed by atoms with van der Waals surface area (Å²) < 4.78 is 0. The van der Waals surface area contributed by atoms with Gasteiger partial charge in [-0.3, -0.25) is 34.7 Å². The lowest BCUT2D eigenvalue weighted by molar-refractivity contribution is -0.384. The van der Waals surface area contributed by atoms with Crippen LogP contribution in [0.1, 0.15) is 35.4 Å². The zero-order chi connectivity index (χ0) is 37.5. The van der Waals surface area contributed by atoms with Crippen molar-refractivity contribution in [3.63, 3.8) is 0 Å². The molecule has 2 saturated heterocycles. The number of hydrogen-bond donors (Lipinski definition) is 2. The molecular formula is C43H34N4O7. The van der Waals surface area contributed by atoms with Gasteiger partial charge in [0.05, 0.1) is 39.5 Å². The van der Waals surface area contributed by atoms with E-state index in [-0.39, 0.29) is 30.0 Å². The van der Waals surface area contributed by atoms with Crippen LogP contribution in [0, 0.1) is 40.7 Å². The number of rotatable bonds is 6. The first-order valence-electron chi connectivity index (χ1n) is 17.9. The van der Waals surface area contributed by atoms with E-state index in [1.807, 2.05) is 79.7 Å². The van der Waals surface area contributed by atoms with Gasteiger partial charge in [0.15, 0.2) is 0 Å². The molecule has 3 fully saturated rings. The molecule has 9 rings (SSSR count). The van der Waals surface area contributed by atoms with Crippen LogP contribution in [0.25, 0.3) is 10.8 Å². The number of nitro groups is 1. The second-order valence-electron chi connectivity index (χ2n) is 14.6. The Balaban J connectivity index is 1.27. The van der Waals surface area contributed by atoms with Crippen molar-refractivity contribution in [3.8, 4) is 5.75 Å². The highest BCUT2D eigenvalue weighted by Crippen LogP contribution is 2.65. The first-order chi connectivity index (χ1) is 26.1. The number of imide groups is 2. The smallest absolute Gasteiger partial charge is 0.271 e. The molecule has 2 heterocycles. The average molecular weight is 719 g/mol. The Hall–Kier alpha value is -6.62. The number of hydrazine groups is 1. The lowest BCUT2D eigenvalue weighted by Gasteiger charge is -2.51. The van der Waals surface area contributed by atoms with E-state index in [4.69, 9.17) is 0 Å². The number of carbonyl (C=O) groups is 4. The molecule has 5 aromatic carbocycles. The summed E-state index contributed by atoms with van der Waals surface area (Å²) in [6, 6.07) is 32.9. The maximum Gasteiger partial charge on any atom is 0.271 e. The SMILES string of the molecule is Cc1ccc(NN2C(=O)C3CC4C(=CCC5C(=O)N(c6cccc([N+](=O)[O-])c6)C(=O)C54)C(c4c(O)ccc5ccccc45)C3(c3ccccc3)C2=O)cc1. The number of nitro benzene ring substituents is 1. The van der Waals surface area contributed by atoms with Crippen molar-refractivity contribution in [1.29, 1.82) is 0 Å². The number of nitrogens with one attached hydrogen (secondary N) is 1. The summed E-state index contributed by atoms with van der Waals surface area (Å²) in [6.45, 7) is 1.94. The van der Waals surface area contributed by atoms with Gasteiger partial charge in [0, 0.05) is 23.6 Å². The lowest BCUT2D eigenvalue weighted by Crippen LogP contribution is -2.53. The van der Waals surface area contributed by atoms with E-state index in [2.05, 4.69) is 5.43 Å². The predicted molar refractivity (Wildman–Crippen MR) is 200 cm³/mol. The van der Waals surface area contributed by atoms with Gasteiger partial charge in [-0.05, 0) is 66.3 Å². The molecule has 0 bridgehead atoms. The number of anilines is 2. The lowest BCUT2D eigenvalue weighted by atomic mass is 9.48. The molecule has 1 saturated carbocycles. The van der Waals surface area contributed by atoms with E-state index in [0.717, 1.165) is 20.9 Å². The molecule has 11 heteroatoms. The number of allylic oxidation sites excluding steroid dienone is 2. The van der Waals surface area contributed by atoms with E-state index >= 15 is 4.79 Å². The van der Waals surface area contributed by atoms with Crippen LogP contribution >= 0.6 is 0 Å². The van der Waals surface area contributed by atoms with E-state index in [9.17, 15) is 29.6 Å². The molecule has 6 atom stereocenters. The Morgan fingerprint density at radius 3 is 2.31 bits per heavy atom. The number of nitrogens with zero attached hydrogens (tertiary/aromatic N) is 3. The van der Waals surface area contributed by atoms with E-state index in [0.29, 0.717) is 27.8 Å². The summed E-state index contributed by atoms with van der Waals surface area (Å²) in [7, 11) is 0. The van der Waals surface area contributed by atoms with Crippen LogP contribution in [0.3, 0.4) is 0 Å². The molecule has 0 aromatic heterocycles. The van der Waals surface area contributed by atoms with Crippen molar-refractivity contribution < 1.29 is 29.2 Å². The quantitative estimate of drug-likeness (QED) is 0.0829. The van der Waals surface area contributed by atoms with E-state index in [1.165, 1.54) is 24.3 Å². The van der Waals surface area contributed by atoms with E-state index in [1.54, 1.807) is 24.3 Å². The molecular weight excluding hydrogens is 684 g/mol. The van der Waals surface area contributed by atoms with Gasteiger partial charge in [-0.2, -0.15) is 5.01 Å². The van der Waals surface area contributed by atoms with Gasteiger partial charge >= 0.3 is 0 Å². The van der Waals surface area contributed by atoms with Crippen molar-refractivity contribution in [2.24, 2.45) is 23.7 Å². The Kier molecular flexibility index (Phi) is 7.53. The van der Waals surface area contributed by atoms with E-state index < -0.39 is 63.6 Å². The van der Waals surface area contributed by atoms with Crippen molar-refractivity contribution in [2.75, 3.05) is 10.3 Å². The second-order valence-corrected chi connectivity index (χ2v) is 14.6. The van der Waals surface area contributed by atoms with Crippen LogP contribution in [-0.2, 0) is 24.6 Å². The highest BCUT2D eigenvalue weighted by molar-refractivity contribution is 6.23. The third-order valence-corrected chi connectivity index (χ3v) is 11.9. The van der Waals surface area contributed by atoms with Gasteiger partial charge in [0.2, 0.25) is 11.8 Å². The molecule has 2 aliphatic heterocycles. The van der Waals surface area contributed by atoms with Gasteiger partial charge in [-0.25, -0.2) is 4.90 Å². The van der Waals surface area contributed by atoms with Gasteiger partial charge in [-0.15, -0.1) is 0 Å². The van der Waals surface area contributed by atoms with Crippen LogP contribution < -0.4 is 10.3 Å². The topological polar surface area (TPSA) is 150 Å². The number of non-ortho nitro benzene ring substituents is 1. The monoisotopic (exact) mass is 718 g/mol. The van der Waals surface area contributed by atoms with Gasteiger partial charge in [0.1, 0.15) is 5.75 Å². The standard InChI is InChI=1S/C43H34N4O7/c1-24-14-17-27(18-15-24)44-46-40(50)34-23-33-31(19-20-32-36(33)41(51)45(39(32)49)28-11-7-12-29(22-28)47(53)54)38(43(34,42(46)52)26-9-3-2-4-10-26)37-30-13-6-5-8-25(30)16-21-35(37)48/h2-19,21-22,32-34,36,38,44,48H,20,23H2,1H3. The van der Waals surface area contributed by atoms with Crippen molar-refractivity contribution in [3.05, 3.63) is 154 Å². The van der Waals surface area contributed by atoms with Gasteiger partial charge in [0.25, 0.3) is 17.5 Å². The molecule has 0 spiro atoms. The largest absolute Gasteiger partial charge is 0.508 e. The van der Waals surface area contributed by atoms with Crippen LogP contribution in [0.15, 0.2) is 127 Å². The maximum atomic E-state index is 15.5. The van der Waals surface area contributed by atoms with Crippen molar-refractivity contribution >= 4 is 51.5 Å². The molecule has 2 N–H and O–H groups in total. The second kappa shape index (κ2) is 12.2. The summed E-state index contributed by atoms with van der Waals surface area (Å²) in [5, 5.41) is 26.2. The maximum absolute atomic E-state index is 15.5. The molecule has 6 unspecified atom stereocenters. The normalized spacial score (nSPS) is 26.0. The van der Waals surface area contributed by atoms with Crippen LogP contribution in [0.2, 0.25) is 0 Å². The van der Waals surface area contributed by atoms with Gasteiger partial charge < -0.3 is 5.11 Å². The number of fused-ring (bicyclic) bond motifs is 5. The number of phenolic OH excluding ortho intramolecular Hbond substituents is 1. The average Bonchev–Trinajstić information content (AvgIpc) is 3.57. The van der Waals surface area contributed by atoms with Crippen LogP contribution in [0.4, 0.5) is 17.1 Å². The molecule has 11 nitrogen and oxygen atoms in total. The number of phenols is 1. The van der Waals surface area contributed by atoms with Crippen LogP contribution in [-0.4, -0.2) is 38.7 Å². The molecule has 5 aromatic rings. The molecule has 4 amide bonds. The highest BCUT2D eigenvalue weighted by atomic mass is 16.6. The summed E-state index contributed by atoms with van der Waals surface area (Å²) in [5.74, 6) is -6.33. The summed E-state index contributed by atoms with van der Waals surface area (Å²) >= 11 is 0. The molecule has 0 radical (unpaired) electrons. The number of amides is 4. The number of benzene rings is 5.